The lowest BCUT2D eigenvalue weighted by molar-refractivity contribution is -0.308. The van der Waals surface area contributed by atoms with Crippen molar-refractivity contribution < 1.29 is 44.3 Å². The maximum atomic E-state index is 12.7. The second-order valence-electron chi connectivity index (χ2n) is 7.28. The number of nitrogens with zero attached hydrogens (tertiary/aromatic N) is 1. The van der Waals surface area contributed by atoms with E-state index >= 15 is 0 Å². The van der Waals surface area contributed by atoms with Crippen LogP contribution in [0.5, 0.6) is 0 Å². The molecule has 2 aromatic rings. The van der Waals surface area contributed by atoms with Crippen LogP contribution in [0.15, 0.2) is 47.4 Å². The summed E-state index contributed by atoms with van der Waals surface area (Å²) in [7, 11) is -3.95. The highest BCUT2D eigenvalue weighted by atomic mass is 32.2. The lowest BCUT2D eigenvalue weighted by atomic mass is 10.1. The van der Waals surface area contributed by atoms with E-state index in [1.165, 1.54) is 6.07 Å². The Kier molecular flexibility index (Phi) is 6.61. The average molecular weight is 484 g/mol. The molecule has 0 saturated carbocycles. The number of amides is 1. The van der Waals surface area contributed by atoms with Crippen molar-refractivity contribution in [1.29, 1.82) is 0 Å². The van der Waals surface area contributed by atoms with Crippen LogP contribution in [0.25, 0.3) is 10.8 Å². The Bertz CT molecular complexity index is 1070. The molecule has 3 rings (SSSR count). The molecular weight excluding hydrogens is 466 g/mol. The van der Waals surface area contributed by atoms with E-state index < -0.39 is 40.5 Å². The summed E-state index contributed by atoms with van der Waals surface area (Å²) >= 11 is 0. The van der Waals surface area contributed by atoms with Crippen molar-refractivity contribution in [2.45, 2.75) is 29.8 Å². The summed E-state index contributed by atoms with van der Waals surface area (Å²) in [5, 5.41) is 1.19. The zero-order valence-corrected chi connectivity index (χ0v) is 17.1. The maximum absolute atomic E-state index is 12.7. The van der Waals surface area contributed by atoms with Gasteiger partial charge in [-0.3, -0.25) is 0 Å². The number of rotatable bonds is 5. The first-order valence-electron chi connectivity index (χ1n) is 9.35. The molecule has 0 bridgehead atoms. The summed E-state index contributed by atoms with van der Waals surface area (Å²) in [6, 6.07) is 11.5. The Hall–Kier alpha value is -2.54. The number of hydrogen-bond donors (Lipinski definition) is 1. The van der Waals surface area contributed by atoms with Gasteiger partial charge in [0.1, 0.15) is 0 Å². The van der Waals surface area contributed by atoms with Crippen LogP contribution in [-0.4, -0.2) is 57.5 Å². The van der Waals surface area contributed by atoms with E-state index in [1.54, 1.807) is 36.4 Å². The number of carbonyl (C=O) groups excluding carboxylic acids is 1. The number of hydrogen-bond acceptors (Lipinski definition) is 4. The third-order valence-corrected chi connectivity index (χ3v) is 6.44. The highest BCUT2D eigenvalue weighted by molar-refractivity contribution is 7.89. The van der Waals surface area contributed by atoms with E-state index in [4.69, 9.17) is 0 Å². The molecular formula is C19H18F6N2O4S. The fourth-order valence-corrected chi connectivity index (χ4v) is 4.74. The second-order valence-corrected chi connectivity index (χ2v) is 9.01. The Morgan fingerprint density at radius 2 is 1.69 bits per heavy atom. The lowest BCUT2D eigenvalue weighted by Crippen LogP contribution is -2.48. The van der Waals surface area contributed by atoms with Crippen LogP contribution in [-0.2, 0) is 14.8 Å². The van der Waals surface area contributed by atoms with Gasteiger partial charge >= 0.3 is 18.4 Å². The van der Waals surface area contributed by atoms with Crippen LogP contribution < -0.4 is 4.72 Å². The van der Waals surface area contributed by atoms with Gasteiger partial charge in [-0.2, -0.15) is 26.3 Å². The molecule has 0 aromatic heterocycles. The number of sulfonamides is 1. The summed E-state index contributed by atoms with van der Waals surface area (Å²) in [6.07, 6.45) is -17.4. The molecule has 0 radical (unpaired) electrons. The largest absolute Gasteiger partial charge is 0.434 e. The second kappa shape index (κ2) is 8.77. The van der Waals surface area contributed by atoms with Crippen LogP contribution in [0, 0.1) is 5.92 Å². The van der Waals surface area contributed by atoms with Crippen molar-refractivity contribution in [3.63, 3.8) is 0 Å². The van der Waals surface area contributed by atoms with Gasteiger partial charge in [0, 0.05) is 25.0 Å². The molecule has 0 aliphatic carbocycles. The fraction of sp³-hybridized carbons (Fsp3) is 0.421. The van der Waals surface area contributed by atoms with Gasteiger partial charge < -0.3 is 9.64 Å². The molecule has 1 aliphatic rings. The van der Waals surface area contributed by atoms with Crippen molar-refractivity contribution in [3.8, 4) is 0 Å². The topological polar surface area (TPSA) is 75.7 Å². The van der Waals surface area contributed by atoms with Crippen LogP contribution in [0.1, 0.15) is 6.42 Å². The number of halogens is 6. The maximum Gasteiger partial charge on any atom is 0.434 e. The summed E-state index contributed by atoms with van der Waals surface area (Å²) in [6.45, 7) is -0.571. The zero-order chi connectivity index (χ0) is 23.7. The minimum atomic E-state index is -5.80. The van der Waals surface area contributed by atoms with Crippen LogP contribution in [0.4, 0.5) is 31.1 Å². The van der Waals surface area contributed by atoms with Gasteiger partial charge in [-0.05, 0) is 23.8 Å². The SMILES string of the molecule is O=C(OC(C(F)(F)F)C(F)(F)F)N1CCC(CNS(=O)(=O)c2cccc3ccccc23)C1. The molecule has 0 spiro atoms. The normalized spacial score (nSPS) is 17.8. The molecule has 13 heteroatoms. The van der Waals surface area contributed by atoms with E-state index in [-0.39, 0.29) is 31.0 Å². The third-order valence-electron chi connectivity index (χ3n) is 4.96. The van der Waals surface area contributed by atoms with E-state index in [9.17, 15) is 39.6 Å². The smallest absolute Gasteiger partial charge is 0.426 e. The fourth-order valence-electron chi connectivity index (χ4n) is 3.39. The molecule has 1 N–H and O–H groups in total. The number of nitrogens with one attached hydrogen (secondary N) is 1. The molecule has 1 atom stereocenters. The van der Waals surface area contributed by atoms with E-state index in [2.05, 4.69) is 9.46 Å². The quantitative estimate of drug-likeness (QED) is 0.650. The monoisotopic (exact) mass is 484 g/mol. The number of carbonyl (C=O) groups is 1. The van der Waals surface area contributed by atoms with Crippen molar-refractivity contribution in [2.24, 2.45) is 5.92 Å². The summed E-state index contributed by atoms with van der Waals surface area (Å²) in [5.74, 6) is -0.512. The third kappa shape index (κ3) is 5.44. The van der Waals surface area contributed by atoms with Crippen molar-refractivity contribution in [3.05, 3.63) is 42.5 Å². The molecule has 2 aromatic carbocycles. The Balaban J connectivity index is 1.62. The number of likely N-dealkylation sites (tertiary alicyclic amines) is 1. The molecule has 1 saturated heterocycles. The standard InChI is InChI=1S/C19H18F6N2O4S/c20-18(21,22)16(19(23,24)25)31-17(28)27-9-8-12(11-27)10-26-32(29,30)15-7-3-5-13-4-1-2-6-14(13)15/h1-7,12,16,26H,8-11H2. The first kappa shape index (κ1) is 24.1. The minimum Gasteiger partial charge on any atom is -0.426 e. The molecule has 1 amide bonds. The van der Waals surface area contributed by atoms with Gasteiger partial charge in [-0.1, -0.05) is 36.4 Å². The van der Waals surface area contributed by atoms with Crippen molar-refractivity contribution in [2.75, 3.05) is 19.6 Å². The molecule has 176 valence electrons. The van der Waals surface area contributed by atoms with Gasteiger partial charge in [0.15, 0.2) is 0 Å². The highest BCUT2D eigenvalue weighted by Crippen LogP contribution is 2.36. The number of alkyl halides is 6. The lowest BCUT2D eigenvalue weighted by Gasteiger charge is -2.25. The van der Waals surface area contributed by atoms with Gasteiger partial charge in [0.05, 0.1) is 4.90 Å². The molecule has 1 aliphatic heterocycles. The highest BCUT2D eigenvalue weighted by Gasteiger charge is 2.60. The molecule has 32 heavy (non-hydrogen) atoms. The summed E-state index contributed by atoms with van der Waals surface area (Å²) in [4.78, 5) is 12.6. The number of benzene rings is 2. The number of ether oxygens (including phenoxy) is 1. The van der Waals surface area contributed by atoms with Crippen LogP contribution in [0.2, 0.25) is 0 Å². The predicted molar refractivity (Wildman–Crippen MR) is 101 cm³/mol. The van der Waals surface area contributed by atoms with E-state index in [0.29, 0.717) is 15.7 Å². The average Bonchev–Trinajstić information content (AvgIpc) is 3.17. The van der Waals surface area contributed by atoms with Gasteiger partial charge in [-0.15, -0.1) is 0 Å². The Labute approximate surface area is 179 Å². The number of fused-ring (bicyclic) bond motifs is 1. The van der Waals surface area contributed by atoms with Crippen molar-refractivity contribution >= 4 is 26.9 Å². The Morgan fingerprint density at radius 1 is 1.06 bits per heavy atom. The van der Waals surface area contributed by atoms with Gasteiger partial charge in [0.2, 0.25) is 10.0 Å². The van der Waals surface area contributed by atoms with E-state index in [1.807, 2.05) is 0 Å². The first-order chi connectivity index (χ1) is 14.8. The molecule has 1 unspecified atom stereocenters. The predicted octanol–water partition coefficient (Wildman–Crippen LogP) is 4.07. The van der Waals surface area contributed by atoms with Crippen LogP contribution in [0.3, 0.4) is 0 Å². The van der Waals surface area contributed by atoms with Crippen LogP contribution >= 0.6 is 0 Å². The van der Waals surface area contributed by atoms with E-state index in [0.717, 1.165) is 0 Å². The zero-order valence-electron chi connectivity index (χ0n) is 16.3. The van der Waals surface area contributed by atoms with Crippen molar-refractivity contribution in [1.82, 2.24) is 9.62 Å². The summed E-state index contributed by atoms with van der Waals surface area (Å²) < 4.78 is 107. The molecule has 1 heterocycles. The van der Waals surface area contributed by atoms with Gasteiger partial charge in [-0.25, -0.2) is 17.9 Å². The Morgan fingerprint density at radius 3 is 2.34 bits per heavy atom. The van der Waals surface area contributed by atoms with Gasteiger partial charge in [0.25, 0.3) is 6.10 Å². The minimum absolute atomic E-state index is 0.0306. The first-order valence-corrected chi connectivity index (χ1v) is 10.8. The summed E-state index contributed by atoms with van der Waals surface area (Å²) in [5.41, 5.74) is 0. The molecule has 6 nitrogen and oxygen atoms in total. The molecule has 1 fully saturated rings.